The average molecular weight is 319 g/mol. The first kappa shape index (κ1) is 16.2. The minimum Gasteiger partial charge on any atom is -0.465 e. The van der Waals surface area contributed by atoms with Crippen LogP contribution >= 0.6 is 0 Å². The summed E-state index contributed by atoms with van der Waals surface area (Å²) in [6, 6.07) is 13.2. The number of aryl methyl sites for hydroxylation is 1. The Morgan fingerprint density at radius 3 is 2.18 bits per heavy atom. The van der Waals surface area contributed by atoms with Gasteiger partial charge in [-0.15, -0.1) is 0 Å². The van der Waals surface area contributed by atoms with Gasteiger partial charge in [-0.1, -0.05) is 29.8 Å². The fraction of sp³-hybridized carbons (Fsp3) is 0.188. The van der Waals surface area contributed by atoms with Gasteiger partial charge in [-0.05, 0) is 36.8 Å². The zero-order valence-corrected chi connectivity index (χ0v) is 13.2. The molecule has 0 aliphatic carbocycles. The van der Waals surface area contributed by atoms with E-state index in [0.717, 1.165) is 11.1 Å². The summed E-state index contributed by atoms with van der Waals surface area (Å²) in [5, 5.41) is 0. The molecule has 0 unspecified atom stereocenters. The van der Waals surface area contributed by atoms with Crippen molar-refractivity contribution in [3.8, 4) is 0 Å². The molecule has 22 heavy (non-hydrogen) atoms. The summed E-state index contributed by atoms with van der Waals surface area (Å²) in [6.07, 6.45) is 0. The molecular formula is C16H17NO4S. The standard InChI is InChI=1S/C16H17NO4S/c1-12-3-5-13(6-4-12)11-17-22(19,20)15-9-7-14(8-10-15)16(18)21-2/h3-10,17H,11H2,1-2H3. The van der Waals surface area contributed by atoms with Crippen molar-refractivity contribution < 1.29 is 17.9 Å². The summed E-state index contributed by atoms with van der Waals surface area (Å²) in [7, 11) is -2.35. The van der Waals surface area contributed by atoms with Gasteiger partial charge < -0.3 is 4.74 Å². The van der Waals surface area contributed by atoms with Gasteiger partial charge in [0.15, 0.2) is 0 Å². The van der Waals surface area contributed by atoms with Gasteiger partial charge in [0.2, 0.25) is 10.0 Å². The fourth-order valence-corrected chi connectivity index (χ4v) is 2.87. The summed E-state index contributed by atoms with van der Waals surface area (Å²) in [4.78, 5) is 11.4. The molecule has 0 aromatic heterocycles. The molecule has 0 atom stereocenters. The van der Waals surface area contributed by atoms with Crippen LogP contribution in [0.3, 0.4) is 0 Å². The van der Waals surface area contributed by atoms with Crippen molar-refractivity contribution in [1.29, 1.82) is 0 Å². The van der Waals surface area contributed by atoms with E-state index in [0.29, 0.717) is 5.56 Å². The molecule has 0 aliphatic rings. The van der Waals surface area contributed by atoms with Crippen molar-refractivity contribution in [2.75, 3.05) is 7.11 Å². The molecule has 6 heteroatoms. The van der Waals surface area contributed by atoms with Crippen LogP contribution in [0.5, 0.6) is 0 Å². The SMILES string of the molecule is COC(=O)c1ccc(S(=O)(=O)NCc2ccc(C)cc2)cc1. The van der Waals surface area contributed by atoms with Crippen LogP contribution in [0.2, 0.25) is 0 Å². The smallest absolute Gasteiger partial charge is 0.337 e. The number of hydrogen-bond donors (Lipinski definition) is 1. The molecule has 0 radical (unpaired) electrons. The first-order valence-corrected chi connectivity index (χ1v) is 8.14. The second kappa shape index (κ2) is 6.72. The summed E-state index contributed by atoms with van der Waals surface area (Å²) in [5.41, 5.74) is 2.30. The molecule has 116 valence electrons. The minimum absolute atomic E-state index is 0.104. The van der Waals surface area contributed by atoms with Gasteiger partial charge in [-0.2, -0.15) is 0 Å². The molecule has 0 amide bonds. The van der Waals surface area contributed by atoms with E-state index < -0.39 is 16.0 Å². The molecule has 2 aromatic rings. The van der Waals surface area contributed by atoms with Crippen LogP contribution in [0, 0.1) is 6.92 Å². The number of ether oxygens (including phenoxy) is 1. The normalized spacial score (nSPS) is 11.2. The van der Waals surface area contributed by atoms with E-state index in [1.807, 2.05) is 31.2 Å². The maximum Gasteiger partial charge on any atom is 0.337 e. The Morgan fingerprint density at radius 2 is 1.64 bits per heavy atom. The highest BCUT2D eigenvalue weighted by molar-refractivity contribution is 7.89. The zero-order valence-electron chi connectivity index (χ0n) is 12.4. The third-order valence-corrected chi connectivity index (χ3v) is 4.59. The molecular weight excluding hydrogens is 302 g/mol. The number of nitrogens with one attached hydrogen (secondary N) is 1. The average Bonchev–Trinajstić information content (AvgIpc) is 2.54. The number of sulfonamides is 1. The molecule has 0 fully saturated rings. The maximum absolute atomic E-state index is 12.2. The highest BCUT2D eigenvalue weighted by Crippen LogP contribution is 2.12. The Balaban J connectivity index is 2.09. The van der Waals surface area contributed by atoms with Crippen molar-refractivity contribution in [3.63, 3.8) is 0 Å². The predicted molar refractivity (Wildman–Crippen MR) is 83.0 cm³/mol. The zero-order chi connectivity index (χ0) is 16.2. The van der Waals surface area contributed by atoms with Gasteiger partial charge in [0.1, 0.15) is 0 Å². The van der Waals surface area contributed by atoms with Crippen LogP contribution < -0.4 is 4.72 Å². The van der Waals surface area contributed by atoms with Crippen molar-refractivity contribution in [2.45, 2.75) is 18.4 Å². The number of hydrogen-bond acceptors (Lipinski definition) is 4. The lowest BCUT2D eigenvalue weighted by Crippen LogP contribution is -2.23. The molecule has 2 aromatic carbocycles. The molecule has 0 saturated heterocycles. The van der Waals surface area contributed by atoms with E-state index in [2.05, 4.69) is 9.46 Å². The quantitative estimate of drug-likeness (QED) is 0.858. The van der Waals surface area contributed by atoms with Crippen molar-refractivity contribution in [1.82, 2.24) is 4.72 Å². The van der Waals surface area contributed by atoms with Gasteiger partial charge in [0.25, 0.3) is 0 Å². The highest BCUT2D eigenvalue weighted by Gasteiger charge is 2.14. The monoisotopic (exact) mass is 319 g/mol. The molecule has 2 rings (SSSR count). The van der Waals surface area contributed by atoms with Gasteiger partial charge >= 0.3 is 5.97 Å². The molecule has 0 saturated carbocycles. The van der Waals surface area contributed by atoms with Crippen LogP contribution in [-0.4, -0.2) is 21.5 Å². The highest BCUT2D eigenvalue weighted by atomic mass is 32.2. The second-order valence-corrected chi connectivity index (χ2v) is 6.59. The van der Waals surface area contributed by atoms with Crippen LogP contribution in [0.1, 0.15) is 21.5 Å². The topological polar surface area (TPSA) is 72.5 Å². The van der Waals surface area contributed by atoms with Gasteiger partial charge in [0.05, 0.1) is 17.6 Å². The van der Waals surface area contributed by atoms with Gasteiger partial charge in [0, 0.05) is 6.54 Å². The summed E-state index contributed by atoms with van der Waals surface area (Å²) in [5.74, 6) is -0.503. The van der Waals surface area contributed by atoms with Crippen LogP contribution in [-0.2, 0) is 21.3 Å². The lowest BCUT2D eigenvalue weighted by molar-refractivity contribution is 0.0600. The predicted octanol–water partition coefficient (Wildman–Crippen LogP) is 2.26. The Kier molecular flexibility index (Phi) is 4.95. The first-order chi connectivity index (χ1) is 10.4. The van der Waals surface area contributed by atoms with Crippen LogP contribution in [0.15, 0.2) is 53.4 Å². The van der Waals surface area contributed by atoms with Crippen LogP contribution in [0.25, 0.3) is 0 Å². The third kappa shape index (κ3) is 3.93. The fourth-order valence-electron chi connectivity index (χ4n) is 1.86. The van der Waals surface area contributed by atoms with Crippen molar-refractivity contribution >= 4 is 16.0 Å². The number of methoxy groups -OCH3 is 1. The van der Waals surface area contributed by atoms with E-state index in [-0.39, 0.29) is 11.4 Å². The van der Waals surface area contributed by atoms with Crippen molar-refractivity contribution in [3.05, 3.63) is 65.2 Å². The number of rotatable bonds is 5. The Morgan fingerprint density at radius 1 is 1.05 bits per heavy atom. The van der Waals surface area contributed by atoms with Gasteiger partial charge in [-0.3, -0.25) is 0 Å². The number of carbonyl (C=O) groups excluding carboxylic acids is 1. The minimum atomic E-state index is -3.62. The second-order valence-electron chi connectivity index (χ2n) is 4.83. The number of carbonyl (C=O) groups is 1. The lowest BCUT2D eigenvalue weighted by atomic mass is 10.2. The first-order valence-electron chi connectivity index (χ1n) is 6.66. The van der Waals surface area contributed by atoms with E-state index in [1.165, 1.54) is 31.4 Å². The Bertz CT molecular complexity index is 750. The van der Waals surface area contributed by atoms with E-state index in [1.54, 1.807) is 0 Å². The molecule has 0 heterocycles. The number of esters is 1. The van der Waals surface area contributed by atoms with Gasteiger partial charge in [-0.25, -0.2) is 17.9 Å². The molecule has 0 bridgehead atoms. The Hall–Kier alpha value is -2.18. The van der Waals surface area contributed by atoms with Crippen molar-refractivity contribution in [2.24, 2.45) is 0 Å². The van der Waals surface area contributed by atoms with E-state index in [9.17, 15) is 13.2 Å². The largest absolute Gasteiger partial charge is 0.465 e. The summed E-state index contributed by atoms with van der Waals surface area (Å²) >= 11 is 0. The number of benzene rings is 2. The lowest BCUT2D eigenvalue weighted by Gasteiger charge is -2.08. The molecule has 5 nitrogen and oxygen atoms in total. The molecule has 0 spiro atoms. The van der Waals surface area contributed by atoms with E-state index in [4.69, 9.17) is 0 Å². The summed E-state index contributed by atoms with van der Waals surface area (Å²) < 4.78 is 31.5. The third-order valence-electron chi connectivity index (χ3n) is 3.17. The van der Waals surface area contributed by atoms with Crippen LogP contribution in [0.4, 0.5) is 0 Å². The maximum atomic E-state index is 12.2. The van der Waals surface area contributed by atoms with E-state index >= 15 is 0 Å². The summed E-state index contributed by atoms with van der Waals surface area (Å²) in [6.45, 7) is 2.18. The molecule has 1 N–H and O–H groups in total. The Labute approximate surface area is 130 Å². The molecule has 0 aliphatic heterocycles.